The zero-order valence-corrected chi connectivity index (χ0v) is 14.2. The average Bonchev–Trinajstić information content (AvgIpc) is 2.66. The summed E-state index contributed by atoms with van der Waals surface area (Å²) in [5.74, 6) is 0.983. The molecule has 1 amide bonds. The zero-order valence-electron chi connectivity index (χ0n) is 14.2. The van der Waals surface area contributed by atoms with Crippen molar-refractivity contribution in [3.05, 3.63) is 11.9 Å². The van der Waals surface area contributed by atoms with E-state index in [1.807, 2.05) is 18.7 Å². The molecule has 1 aromatic rings. The Morgan fingerprint density at radius 3 is 2.36 bits per heavy atom. The number of aryl methyl sites for hydroxylation is 1. The lowest BCUT2D eigenvalue weighted by atomic mass is 9.40. The van der Waals surface area contributed by atoms with Gasteiger partial charge >= 0.3 is 0 Å². The minimum Gasteiger partial charge on any atom is -0.323 e. The van der Waals surface area contributed by atoms with E-state index in [1.54, 1.807) is 6.20 Å². The van der Waals surface area contributed by atoms with E-state index >= 15 is 0 Å². The van der Waals surface area contributed by atoms with Gasteiger partial charge in [0.2, 0.25) is 5.91 Å². The van der Waals surface area contributed by atoms with Crippen LogP contribution in [-0.2, 0) is 11.8 Å². The molecule has 0 aromatic carbocycles. The molecule has 4 nitrogen and oxygen atoms in total. The van der Waals surface area contributed by atoms with Crippen LogP contribution in [0.5, 0.6) is 0 Å². The first kappa shape index (κ1) is 14.3. The van der Waals surface area contributed by atoms with E-state index in [9.17, 15) is 4.79 Å². The summed E-state index contributed by atoms with van der Waals surface area (Å²) >= 11 is 0. The second-order valence-corrected chi connectivity index (χ2v) is 9.13. The number of nitrogens with zero attached hydrogens (tertiary/aromatic N) is 2. The first-order chi connectivity index (χ1) is 10.2. The molecule has 4 fully saturated rings. The minimum absolute atomic E-state index is 0.148. The monoisotopic (exact) mass is 301 g/mol. The number of rotatable bonds is 2. The summed E-state index contributed by atoms with van der Waals surface area (Å²) in [6.45, 7) is 6.82. The third-order valence-corrected chi connectivity index (χ3v) is 6.59. The molecule has 4 heteroatoms. The maximum Gasteiger partial charge on any atom is 0.230 e. The fourth-order valence-electron chi connectivity index (χ4n) is 6.58. The fourth-order valence-corrected chi connectivity index (χ4v) is 6.58. The standard InChI is InChI=1S/C18H27N3O/c1-12-14(8-19-21(12)4)20-15(22)18-7-13-5-16(2,10-18)9-17(3,6-13)11-18/h8,13H,5-7,9-11H2,1-4H3,(H,20,22)/t13?,16-,17-,18?/m0/s1. The van der Waals surface area contributed by atoms with E-state index in [2.05, 4.69) is 24.3 Å². The van der Waals surface area contributed by atoms with Crippen molar-refractivity contribution in [2.24, 2.45) is 29.2 Å². The van der Waals surface area contributed by atoms with Gasteiger partial charge in [-0.25, -0.2) is 0 Å². The van der Waals surface area contributed by atoms with Crippen molar-refractivity contribution in [3.8, 4) is 0 Å². The second-order valence-electron chi connectivity index (χ2n) is 9.13. The minimum atomic E-state index is -0.148. The molecule has 0 radical (unpaired) electrons. The van der Waals surface area contributed by atoms with Crippen LogP contribution in [0.25, 0.3) is 0 Å². The van der Waals surface area contributed by atoms with Gasteiger partial charge in [-0.2, -0.15) is 5.10 Å². The highest BCUT2D eigenvalue weighted by atomic mass is 16.2. The quantitative estimate of drug-likeness (QED) is 0.906. The van der Waals surface area contributed by atoms with Gasteiger partial charge in [-0.15, -0.1) is 0 Å². The van der Waals surface area contributed by atoms with Gasteiger partial charge in [0.05, 0.1) is 23.0 Å². The van der Waals surface area contributed by atoms with Gasteiger partial charge in [-0.05, 0) is 62.2 Å². The van der Waals surface area contributed by atoms with E-state index in [0.717, 1.165) is 36.6 Å². The van der Waals surface area contributed by atoms with Crippen LogP contribution in [0.2, 0.25) is 0 Å². The summed E-state index contributed by atoms with van der Waals surface area (Å²) in [4.78, 5) is 13.2. The summed E-state index contributed by atoms with van der Waals surface area (Å²) < 4.78 is 1.82. The molecule has 4 aliphatic carbocycles. The summed E-state index contributed by atoms with van der Waals surface area (Å²) in [6.07, 6.45) is 8.94. The van der Waals surface area contributed by atoms with E-state index in [4.69, 9.17) is 0 Å². The molecular formula is C18H27N3O. The van der Waals surface area contributed by atoms with Gasteiger partial charge < -0.3 is 5.32 Å². The fraction of sp³-hybridized carbons (Fsp3) is 0.778. The molecule has 4 saturated carbocycles. The van der Waals surface area contributed by atoms with Crippen LogP contribution in [0.1, 0.15) is 58.1 Å². The van der Waals surface area contributed by atoms with Crippen LogP contribution in [0.3, 0.4) is 0 Å². The molecule has 120 valence electrons. The Morgan fingerprint density at radius 2 is 1.86 bits per heavy atom. The highest BCUT2D eigenvalue weighted by Crippen LogP contribution is 2.69. The highest BCUT2D eigenvalue weighted by molar-refractivity contribution is 5.96. The van der Waals surface area contributed by atoms with Crippen LogP contribution >= 0.6 is 0 Å². The lowest BCUT2D eigenvalue weighted by molar-refractivity contribution is -0.165. The van der Waals surface area contributed by atoms with Gasteiger partial charge in [-0.1, -0.05) is 13.8 Å². The molecule has 0 spiro atoms. The molecule has 0 aliphatic heterocycles. The first-order valence-corrected chi connectivity index (χ1v) is 8.53. The predicted molar refractivity (Wildman–Crippen MR) is 86.4 cm³/mol. The number of amides is 1. The molecular weight excluding hydrogens is 274 g/mol. The lowest BCUT2D eigenvalue weighted by Crippen LogP contribution is -2.58. The van der Waals surface area contributed by atoms with Crippen molar-refractivity contribution in [3.63, 3.8) is 0 Å². The summed E-state index contributed by atoms with van der Waals surface area (Å²) in [7, 11) is 1.91. The van der Waals surface area contributed by atoms with Crippen molar-refractivity contribution in [2.75, 3.05) is 5.32 Å². The normalized spacial score (nSPS) is 42.6. The molecule has 1 aromatic heterocycles. The third kappa shape index (κ3) is 1.95. The average molecular weight is 301 g/mol. The van der Waals surface area contributed by atoms with Crippen LogP contribution < -0.4 is 5.32 Å². The maximum absolute atomic E-state index is 13.2. The van der Waals surface area contributed by atoms with Crippen LogP contribution in [-0.4, -0.2) is 15.7 Å². The molecule has 0 unspecified atom stereocenters. The lowest BCUT2D eigenvalue weighted by Gasteiger charge is -2.64. The topological polar surface area (TPSA) is 46.9 Å². The Morgan fingerprint density at radius 1 is 1.23 bits per heavy atom. The van der Waals surface area contributed by atoms with Gasteiger partial charge in [0.15, 0.2) is 0 Å². The van der Waals surface area contributed by atoms with Crippen molar-refractivity contribution >= 4 is 11.6 Å². The Bertz CT molecular complexity index is 629. The first-order valence-electron chi connectivity index (χ1n) is 8.53. The third-order valence-electron chi connectivity index (χ3n) is 6.59. The Balaban J connectivity index is 1.64. The van der Waals surface area contributed by atoms with Crippen molar-refractivity contribution in [2.45, 2.75) is 59.3 Å². The smallest absolute Gasteiger partial charge is 0.230 e. The number of aromatic nitrogens is 2. The highest BCUT2D eigenvalue weighted by Gasteiger charge is 2.62. The molecule has 1 N–H and O–H groups in total. The van der Waals surface area contributed by atoms with Gasteiger partial charge in [0.25, 0.3) is 0 Å². The van der Waals surface area contributed by atoms with Crippen LogP contribution in [0.15, 0.2) is 6.20 Å². The number of nitrogens with one attached hydrogen (secondary N) is 1. The summed E-state index contributed by atoms with van der Waals surface area (Å²) in [5.41, 5.74) is 2.49. The molecule has 4 bridgehead atoms. The summed E-state index contributed by atoms with van der Waals surface area (Å²) in [6, 6.07) is 0. The van der Waals surface area contributed by atoms with Gasteiger partial charge in [0.1, 0.15) is 0 Å². The van der Waals surface area contributed by atoms with Crippen LogP contribution in [0, 0.1) is 29.1 Å². The Labute approximate surface area is 132 Å². The predicted octanol–water partition coefficient (Wildman–Crippen LogP) is 3.66. The van der Waals surface area contributed by atoms with Crippen molar-refractivity contribution in [1.82, 2.24) is 9.78 Å². The Hall–Kier alpha value is -1.32. The largest absolute Gasteiger partial charge is 0.323 e. The zero-order chi connectivity index (χ0) is 15.8. The van der Waals surface area contributed by atoms with Crippen molar-refractivity contribution < 1.29 is 4.79 Å². The van der Waals surface area contributed by atoms with Crippen molar-refractivity contribution in [1.29, 1.82) is 0 Å². The molecule has 22 heavy (non-hydrogen) atoms. The van der Waals surface area contributed by atoms with Gasteiger partial charge in [0, 0.05) is 7.05 Å². The second kappa shape index (κ2) is 4.15. The van der Waals surface area contributed by atoms with E-state index in [1.165, 1.54) is 19.3 Å². The molecule has 1 heterocycles. The number of carbonyl (C=O) groups excluding carboxylic acids is 1. The molecule has 5 rings (SSSR count). The van der Waals surface area contributed by atoms with Gasteiger partial charge in [-0.3, -0.25) is 9.48 Å². The maximum atomic E-state index is 13.2. The van der Waals surface area contributed by atoms with E-state index in [0.29, 0.717) is 10.8 Å². The number of hydrogen-bond donors (Lipinski definition) is 1. The van der Waals surface area contributed by atoms with Crippen LogP contribution in [0.4, 0.5) is 5.69 Å². The molecule has 0 saturated heterocycles. The van der Waals surface area contributed by atoms with E-state index < -0.39 is 0 Å². The number of carbonyl (C=O) groups is 1. The SMILES string of the molecule is Cc1c(NC(=O)C23CC4C[C@](C)(C2)C[C@](C)(C4)C3)cnn1C. The molecule has 4 aliphatic rings. The van der Waals surface area contributed by atoms with E-state index in [-0.39, 0.29) is 11.3 Å². The number of anilines is 1. The Kier molecular flexibility index (Phi) is 2.69. The molecule has 2 atom stereocenters. The number of hydrogen-bond acceptors (Lipinski definition) is 2. The summed E-state index contributed by atoms with van der Waals surface area (Å²) in [5, 5.41) is 7.45.